The molecular weight excluding hydrogens is 276 g/mol. The van der Waals surface area contributed by atoms with Crippen molar-refractivity contribution in [1.82, 2.24) is 0 Å². The first-order valence-electron chi connectivity index (χ1n) is 9.89. The first-order valence-corrected chi connectivity index (χ1v) is 10.4. The molecule has 21 heavy (non-hydrogen) atoms. The number of hydrogen-bond acceptors (Lipinski definition) is 0. The van der Waals surface area contributed by atoms with Crippen molar-refractivity contribution in [2.24, 2.45) is 0 Å². The second-order valence-corrected chi connectivity index (χ2v) is 6.66. The van der Waals surface area contributed by atoms with Gasteiger partial charge in [-0.05, 0) is 6.42 Å². The van der Waals surface area contributed by atoms with Crippen molar-refractivity contribution >= 4 is 11.6 Å². The molecule has 0 heterocycles. The van der Waals surface area contributed by atoms with Gasteiger partial charge in [0, 0.05) is 5.88 Å². The fraction of sp³-hybridized carbons (Fsp3) is 1.00. The molecule has 0 spiro atoms. The number of hydrogen-bond donors (Lipinski definition) is 0. The van der Waals surface area contributed by atoms with Gasteiger partial charge in [-0.1, -0.05) is 117 Å². The monoisotopic (exact) mass is 318 g/mol. The highest BCUT2D eigenvalue weighted by Crippen LogP contribution is 2.12. The highest BCUT2D eigenvalue weighted by molar-refractivity contribution is 6.17. The molecular formula is C20H43Cl. The fourth-order valence-electron chi connectivity index (χ4n) is 2.44. The highest BCUT2D eigenvalue weighted by atomic mass is 35.5. The number of rotatable bonds is 15. The lowest BCUT2D eigenvalue weighted by Gasteiger charge is -2.01. The third-order valence-corrected chi connectivity index (χ3v) is 4.21. The van der Waals surface area contributed by atoms with E-state index >= 15 is 0 Å². The number of halogens is 1. The summed E-state index contributed by atoms with van der Waals surface area (Å²) in [5, 5.41) is 0. The minimum absolute atomic E-state index is 0.827. The first-order chi connectivity index (χ1) is 10.3. The number of unbranched alkanes of at least 4 members (excludes halogenated alkanes) is 14. The van der Waals surface area contributed by atoms with Crippen LogP contribution in [-0.2, 0) is 0 Å². The largest absolute Gasteiger partial charge is 0.127 e. The lowest BCUT2D eigenvalue weighted by molar-refractivity contribution is 0.542. The van der Waals surface area contributed by atoms with E-state index < -0.39 is 0 Å². The van der Waals surface area contributed by atoms with Gasteiger partial charge >= 0.3 is 0 Å². The van der Waals surface area contributed by atoms with Crippen molar-refractivity contribution in [2.45, 2.75) is 124 Å². The fourth-order valence-corrected chi connectivity index (χ4v) is 2.62. The van der Waals surface area contributed by atoms with E-state index in [0.29, 0.717) is 0 Å². The van der Waals surface area contributed by atoms with E-state index in [1.165, 1.54) is 103 Å². The summed E-state index contributed by atoms with van der Waals surface area (Å²) in [6, 6.07) is 0. The molecule has 0 amide bonds. The van der Waals surface area contributed by atoms with Crippen molar-refractivity contribution in [3.8, 4) is 0 Å². The Morgan fingerprint density at radius 3 is 0.810 bits per heavy atom. The average molecular weight is 319 g/mol. The standard InChI is InChI=1S/C15H32.C5H11Cl/c1-3-5-7-9-11-13-15-14-12-10-8-6-4-2;1-2-3-4-5-6/h3-15H2,1-2H3;2-5H2,1H3. The molecule has 0 radical (unpaired) electrons. The van der Waals surface area contributed by atoms with Gasteiger partial charge in [-0.2, -0.15) is 0 Å². The van der Waals surface area contributed by atoms with Crippen LogP contribution in [-0.4, -0.2) is 5.88 Å². The third-order valence-electron chi connectivity index (χ3n) is 3.94. The van der Waals surface area contributed by atoms with Crippen LogP contribution in [0.1, 0.15) is 124 Å². The summed E-state index contributed by atoms with van der Waals surface area (Å²) in [4.78, 5) is 0. The zero-order valence-electron chi connectivity index (χ0n) is 15.4. The van der Waals surface area contributed by atoms with Crippen molar-refractivity contribution in [3.05, 3.63) is 0 Å². The Labute approximate surface area is 141 Å². The van der Waals surface area contributed by atoms with Gasteiger partial charge in [0.1, 0.15) is 0 Å². The zero-order chi connectivity index (χ0) is 16.0. The maximum absolute atomic E-state index is 5.38. The van der Waals surface area contributed by atoms with Crippen LogP contribution in [0.15, 0.2) is 0 Å². The van der Waals surface area contributed by atoms with Gasteiger partial charge in [0.25, 0.3) is 0 Å². The maximum atomic E-state index is 5.38. The van der Waals surface area contributed by atoms with Crippen molar-refractivity contribution in [2.75, 3.05) is 5.88 Å². The van der Waals surface area contributed by atoms with Crippen LogP contribution in [0, 0.1) is 0 Å². The Hall–Kier alpha value is 0.290. The van der Waals surface area contributed by atoms with Crippen molar-refractivity contribution < 1.29 is 0 Å². The Morgan fingerprint density at radius 1 is 0.381 bits per heavy atom. The molecule has 0 fully saturated rings. The molecule has 0 aromatic rings. The summed E-state index contributed by atoms with van der Waals surface area (Å²) in [6.07, 6.45) is 22.7. The molecule has 1 heteroatoms. The summed E-state index contributed by atoms with van der Waals surface area (Å²) in [6.45, 7) is 6.75. The van der Waals surface area contributed by atoms with E-state index in [1.54, 1.807) is 0 Å². The minimum Gasteiger partial charge on any atom is -0.127 e. The summed E-state index contributed by atoms with van der Waals surface area (Å²) >= 11 is 5.38. The molecule has 0 rings (SSSR count). The highest BCUT2D eigenvalue weighted by Gasteiger charge is 1.92. The van der Waals surface area contributed by atoms with Crippen LogP contribution < -0.4 is 0 Å². The second kappa shape index (κ2) is 25.3. The second-order valence-electron chi connectivity index (χ2n) is 6.29. The molecule has 0 atom stereocenters. The maximum Gasteiger partial charge on any atom is 0.0223 e. The lowest BCUT2D eigenvalue weighted by Crippen LogP contribution is -1.82. The summed E-state index contributed by atoms with van der Waals surface area (Å²) in [5.41, 5.74) is 0. The Bertz CT molecular complexity index is 129. The molecule has 0 aliphatic carbocycles. The average Bonchev–Trinajstić information content (AvgIpc) is 2.51. The van der Waals surface area contributed by atoms with Gasteiger partial charge in [-0.3, -0.25) is 0 Å². The van der Waals surface area contributed by atoms with Crippen molar-refractivity contribution in [3.63, 3.8) is 0 Å². The van der Waals surface area contributed by atoms with Gasteiger partial charge in [-0.25, -0.2) is 0 Å². The molecule has 0 saturated carbocycles. The van der Waals surface area contributed by atoms with Crippen LogP contribution in [0.25, 0.3) is 0 Å². The van der Waals surface area contributed by atoms with E-state index in [1.807, 2.05) is 0 Å². The molecule has 0 bridgehead atoms. The van der Waals surface area contributed by atoms with Gasteiger partial charge < -0.3 is 0 Å². The van der Waals surface area contributed by atoms with Crippen LogP contribution in [0.4, 0.5) is 0 Å². The van der Waals surface area contributed by atoms with Crippen molar-refractivity contribution in [1.29, 1.82) is 0 Å². The summed E-state index contributed by atoms with van der Waals surface area (Å²) in [5.74, 6) is 0.827. The summed E-state index contributed by atoms with van der Waals surface area (Å²) < 4.78 is 0. The first kappa shape index (κ1) is 23.6. The molecule has 0 nitrogen and oxygen atoms in total. The van der Waals surface area contributed by atoms with E-state index in [4.69, 9.17) is 11.6 Å². The van der Waals surface area contributed by atoms with Crippen LogP contribution >= 0.6 is 11.6 Å². The molecule has 0 aromatic heterocycles. The molecule has 0 aliphatic rings. The summed E-state index contributed by atoms with van der Waals surface area (Å²) in [7, 11) is 0. The lowest BCUT2D eigenvalue weighted by atomic mass is 10.1. The smallest absolute Gasteiger partial charge is 0.0223 e. The minimum atomic E-state index is 0.827. The van der Waals surface area contributed by atoms with E-state index in [9.17, 15) is 0 Å². The third kappa shape index (κ3) is 29.0. The van der Waals surface area contributed by atoms with Crippen LogP contribution in [0.3, 0.4) is 0 Å². The Kier molecular flexibility index (Phi) is 28.3. The zero-order valence-corrected chi connectivity index (χ0v) is 16.2. The normalized spacial score (nSPS) is 10.3. The van der Waals surface area contributed by atoms with E-state index in [-0.39, 0.29) is 0 Å². The topological polar surface area (TPSA) is 0 Å². The molecule has 0 saturated heterocycles. The Balaban J connectivity index is 0. The molecule has 0 unspecified atom stereocenters. The van der Waals surface area contributed by atoms with Crippen LogP contribution in [0.2, 0.25) is 0 Å². The van der Waals surface area contributed by atoms with Gasteiger partial charge in [0.05, 0.1) is 0 Å². The molecule has 130 valence electrons. The predicted octanol–water partition coefficient (Wildman–Crippen LogP) is 8.51. The van der Waals surface area contributed by atoms with Gasteiger partial charge in [0.2, 0.25) is 0 Å². The van der Waals surface area contributed by atoms with Gasteiger partial charge in [0.15, 0.2) is 0 Å². The molecule has 0 aromatic carbocycles. The Morgan fingerprint density at radius 2 is 0.619 bits per heavy atom. The predicted molar refractivity (Wildman–Crippen MR) is 102 cm³/mol. The van der Waals surface area contributed by atoms with Crippen LogP contribution in [0.5, 0.6) is 0 Å². The number of alkyl halides is 1. The van der Waals surface area contributed by atoms with Gasteiger partial charge in [-0.15, -0.1) is 11.6 Å². The van der Waals surface area contributed by atoms with E-state index in [2.05, 4.69) is 20.8 Å². The SMILES string of the molecule is CCCCCCCCCCCCCCC.CCCCCCl. The quantitative estimate of drug-likeness (QED) is 0.209. The van der Waals surface area contributed by atoms with E-state index in [0.717, 1.165) is 5.88 Å². The molecule has 0 N–H and O–H groups in total. The molecule has 0 aliphatic heterocycles.